The summed E-state index contributed by atoms with van der Waals surface area (Å²) in [6.07, 6.45) is 1.17. The topological polar surface area (TPSA) is 89.3 Å². The van der Waals surface area contributed by atoms with Crippen molar-refractivity contribution < 1.29 is 9.90 Å². The summed E-state index contributed by atoms with van der Waals surface area (Å²) in [7, 11) is 0. The Morgan fingerprint density at radius 1 is 1.70 bits per heavy atom. The van der Waals surface area contributed by atoms with Crippen LogP contribution in [0.3, 0.4) is 0 Å². The fourth-order valence-electron chi connectivity index (χ4n) is 0.742. The Kier molecular flexibility index (Phi) is 3.32. The van der Waals surface area contributed by atoms with Gasteiger partial charge in [-0.15, -0.1) is 0 Å². The Bertz CT molecular complexity index is 127. The van der Waals surface area contributed by atoms with Crippen LogP contribution in [0.25, 0.3) is 0 Å². The second-order valence-electron chi connectivity index (χ2n) is 2.42. The summed E-state index contributed by atoms with van der Waals surface area (Å²) >= 11 is 0. The Balaban J connectivity index is 4.08. The lowest BCUT2D eigenvalue weighted by Gasteiger charge is -2.21. The van der Waals surface area contributed by atoms with Crippen LogP contribution in [0.5, 0.6) is 0 Å². The van der Waals surface area contributed by atoms with Crippen LogP contribution in [0, 0.1) is 0 Å². The molecule has 0 aliphatic heterocycles. The fourth-order valence-corrected chi connectivity index (χ4v) is 0.742. The molecule has 1 unspecified atom stereocenters. The van der Waals surface area contributed by atoms with Gasteiger partial charge in [-0.05, 0) is 6.42 Å². The molecular formula is C6H14N2O2. The molecule has 0 fully saturated rings. The number of carbonyl (C=O) groups is 1. The van der Waals surface area contributed by atoms with E-state index in [1.54, 1.807) is 0 Å². The normalized spacial score (nSPS) is 16.3. The Morgan fingerprint density at radius 3 is 2.30 bits per heavy atom. The van der Waals surface area contributed by atoms with Gasteiger partial charge in [-0.3, -0.25) is 4.79 Å². The number of carboxylic acid groups (broad SMARTS) is 1. The number of aliphatic carboxylic acids is 1. The molecule has 0 bridgehead atoms. The van der Waals surface area contributed by atoms with E-state index >= 15 is 0 Å². The summed E-state index contributed by atoms with van der Waals surface area (Å²) in [5, 5.41) is 8.56. The summed E-state index contributed by atoms with van der Waals surface area (Å²) < 4.78 is 0. The van der Waals surface area contributed by atoms with Crippen molar-refractivity contribution in [3.05, 3.63) is 0 Å². The van der Waals surface area contributed by atoms with E-state index in [0.29, 0.717) is 6.42 Å². The van der Waals surface area contributed by atoms with Gasteiger partial charge in [0.25, 0.3) is 0 Å². The largest absolute Gasteiger partial charge is 0.480 e. The SMILES string of the molecule is CCCC(N)(CN)C(=O)O. The van der Waals surface area contributed by atoms with Crippen LogP contribution in [-0.4, -0.2) is 23.2 Å². The van der Waals surface area contributed by atoms with Gasteiger partial charge < -0.3 is 16.6 Å². The maximum absolute atomic E-state index is 10.4. The zero-order valence-electron chi connectivity index (χ0n) is 6.13. The lowest BCUT2D eigenvalue weighted by atomic mass is 9.96. The number of nitrogens with two attached hydrogens (primary N) is 2. The highest BCUT2D eigenvalue weighted by Crippen LogP contribution is 2.07. The molecule has 1 atom stereocenters. The van der Waals surface area contributed by atoms with E-state index in [2.05, 4.69) is 0 Å². The number of hydrogen-bond donors (Lipinski definition) is 3. The first-order valence-electron chi connectivity index (χ1n) is 3.29. The third-order valence-electron chi connectivity index (χ3n) is 1.49. The fraction of sp³-hybridized carbons (Fsp3) is 0.833. The predicted molar refractivity (Wildman–Crippen MR) is 38.5 cm³/mol. The van der Waals surface area contributed by atoms with Crippen LogP contribution in [0.1, 0.15) is 19.8 Å². The average Bonchev–Trinajstić information content (AvgIpc) is 1.88. The highest BCUT2D eigenvalue weighted by atomic mass is 16.4. The third-order valence-corrected chi connectivity index (χ3v) is 1.49. The Morgan fingerprint density at radius 2 is 2.20 bits per heavy atom. The zero-order chi connectivity index (χ0) is 8.20. The maximum atomic E-state index is 10.4. The second-order valence-corrected chi connectivity index (χ2v) is 2.42. The number of rotatable bonds is 4. The van der Waals surface area contributed by atoms with Crippen LogP contribution < -0.4 is 11.5 Å². The summed E-state index contributed by atoms with van der Waals surface area (Å²) in [5.41, 5.74) is 9.40. The molecule has 60 valence electrons. The zero-order valence-corrected chi connectivity index (χ0v) is 6.13. The van der Waals surface area contributed by atoms with Crippen LogP contribution in [0.2, 0.25) is 0 Å². The van der Waals surface area contributed by atoms with E-state index in [1.807, 2.05) is 6.92 Å². The van der Waals surface area contributed by atoms with Crippen molar-refractivity contribution in [3.63, 3.8) is 0 Å². The number of carboxylic acids is 1. The van der Waals surface area contributed by atoms with Crippen molar-refractivity contribution in [1.82, 2.24) is 0 Å². The molecule has 0 saturated carbocycles. The molecule has 5 N–H and O–H groups in total. The van der Waals surface area contributed by atoms with Gasteiger partial charge in [0.15, 0.2) is 0 Å². The lowest BCUT2D eigenvalue weighted by molar-refractivity contribution is -0.143. The number of hydrogen-bond acceptors (Lipinski definition) is 3. The van der Waals surface area contributed by atoms with Gasteiger partial charge >= 0.3 is 5.97 Å². The standard InChI is InChI=1S/C6H14N2O2/c1-2-3-6(8,4-7)5(9)10/h2-4,7-8H2,1H3,(H,9,10). The molecule has 0 aromatic rings. The van der Waals surface area contributed by atoms with Crippen molar-refractivity contribution >= 4 is 5.97 Å². The Labute approximate surface area is 60.2 Å². The third kappa shape index (κ3) is 1.97. The molecule has 4 nitrogen and oxygen atoms in total. The van der Waals surface area contributed by atoms with Gasteiger partial charge in [-0.1, -0.05) is 13.3 Å². The first kappa shape index (κ1) is 9.39. The minimum Gasteiger partial charge on any atom is -0.480 e. The van der Waals surface area contributed by atoms with E-state index in [4.69, 9.17) is 16.6 Å². The van der Waals surface area contributed by atoms with Gasteiger partial charge in [-0.25, -0.2) is 0 Å². The second kappa shape index (κ2) is 3.53. The summed E-state index contributed by atoms with van der Waals surface area (Å²) in [6, 6.07) is 0. The quantitative estimate of drug-likeness (QED) is 0.500. The summed E-state index contributed by atoms with van der Waals surface area (Å²) in [6.45, 7) is 1.87. The first-order valence-corrected chi connectivity index (χ1v) is 3.29. The molecular weight excluding hydrogens is 132 g/mol. The first-order chi connectivity index (χ1) is 4.56. The van der Waals surface area contributed by atoms with Gasteiger partial charge in [0.2, 0.25) is 0 Å². The molecule has 10 heavy (non-hydrogen) atoms. The molecule has 0 amide bonds. The van der Waals surface area contributed by atoms with Crippen molar-refractivity contribution in [2.24, 2.45) is 11.5 Å². The molecule has 0 aliphatic rings. The van der Waals surface area contributed by atoms with Crippen LogP contribution in [0.15, 0.2) is 0 Å². The molecule has 0 radical (unpaired) electrons. The van der Waals surface area contributed by atoms with Crippen molar-refractivity contribution in [2.75, 3.05) is 6.54 Å². The van der Waals surface area contributed by atoms with E-state index in [0.717, 1.165) is 6.42 Å². The Hall–Kier alpha value is -0.610. The summed E-state index contributed by atoms with van der Waals surface area (Å²) in [4.78, 5) is 10.4. The van der Waals surface area contributed by atoms with Gasteiger partial charge in [0.1, 0.15) is 5.54 Å². The minimum atomic E-state index is -1.21. The minimum absolute atomic E-state index is 0.00380. The molecule has 0 aliphatic carbocycles. The van der Waals surface area contributed by atoms with E-state index < -0.39 is 11.5 Å². The van der Waals surface area contributed by atoms with E-state index in [-0.39, 0.29) is 6.54 Å². The monoisotopic (exact) mass is 146 g/mol. The van der Waals surface area contributed by atoms with E-state index in [1.165, 1.54) is 0 Å². The van der Waals surface area contributed by atoms with Crippen LogP contribution >= 0.6 is 0 Å². The van der Waals surface area contributed by atoms with Crippen molar-refractivity contribution in [1.29, 1.82) is 0 Å². The molecule has 0 saturated heterocycles. The predicted octanol–water partition coefficient (Wildman–Crippen LogP) is -0.473. The van der Waals surface area contributed by atoms with Crippen molar-refractivity contribution in [3.8, 4) is 0 Å². The molecule has 0 heterocycles. The van der Waals surface area contributed by atoms with Gasteiger partial charge in [-0.2, -0.15) is 0 Å². The van der Waals surface area contributed by atoms with E-state index in [9.17, 15) is 4.79 Å². The maximum Gasteiger partial charge on any atom is 0.324 e. The smallest absolute Gasteiger partial charge is 0.324 e. The molecule has 0 aromatic heterocycles. The molecule has 0 aromatic carbocycles. The van der Waals surface area contributed by atoms with Gasteiger partial charge in [0, 0.05) is 6.54 Å². The lowest BCUT2D eigenvalue weighted by Crippen LogP contribution is -2.53. The highest BCUT2D eigenvalue weighted by molar-refractivity contribution is 5.78. The highest BCUT2D eigenvalue weighted by Gasteiger charge is 2.30. The van der Waals surface area contributed by atoms with Gasteiger partial charge in [0.05, 0.1) is 0 Å². The van der Waals surface area contributed by atoms with Crippen LogP contribution in [-0.2, 0) is 4.79 Å². The summed E-state index contributed by atoms with van der Waals surface area (Å²) in [5.74, 6) is -1.02. The van der Waals surface area contributed by atoms with Crippen LogP contribution in [0.4, 0.5) is 0 Å². The molecule has 0 rings (SSSR count). The molecule has 4 heteroatoms. The molecule has 0 spiro atoms. The average molecular weight is 146 g/mol. The van der Waals surface area contributed by atoms with Crippen molar-refractivity contribution in [2.45, 2.75) is 25.3 Å².